The maximum absolute atomic E-state index is 13.6. The van der Waals surface area contributed by atoms with Crippen LogP contribution in [0.3, 0.4) is 0 Å². The zero-order chi connectivity index (χ0) is 29.1. The van der Waals surface area contributed by atoms with Crippen molar-refractivity contribution in [2.24, 2.45) is 13.0 Å². The number of nitrogens with zero attached hydrogens (tertiary/aromatic N) is 4. The first kappa shape index (κ1) is 30.4. The number of anilines is 1. The minimum absolute atomic E-state index is 0.0143. The lowest BCUT2D eigenvalue weighted by atomic mass is 10.0. The monoisotopic (exact) mass is 575 g/mol. The van der Waals surface area contributed by atoms with Gasteiger partial charge in [-0.1, -0.05) is 6.92 Å². The molecule has 3 rings (SSSR count). The van der Waals surface area contributed by atoms with E-state index >= 15 is 0 Å². The predicted molar refractivity (Wildman–Crippen MR) is 135 cm³/mol. The molecule has 0 saturated heterocycles. The van der Waals surface area contributed by atoms with Gasteiger partial charge in [-0.25, -0.2) is 13.4 Å². The molecule has 0 aliphatic carbocycles. The van der Waals surface area contributed by atoms with Gasteiger partial charge >= 0.3 is 6.18 Å². The van der Waals surface area contributed by atoms with Crippen molar-refractivity contribution in [1.82, 2.24) is 18.8 Å². The molecular weight excluding hydrogens is 543 g/mol. The lowest BCUT2D eigenvalue weighted by molar-refractivity contribution is -0.150. The quantitative estimate of drug-likeness (QED) is 0.581. The van der Waals surface area contributed by atoms with E-state index in [-0.39, 0.29) is 47.6 Å². The number of fused-ring (bicyclic) bond motifs is 1. The molecule has 0 unspecified atom stereocenters. The van der Waals surface area contributed by atoms with Crippen molar-refractivity contribution in [3.8, 4) is 5.75 Å². The number of rotatable bonds is 5. The highest BCUT2D eigenvalue weighted by Crippen LogP contribution is 2.29. The second-order valence-electron chi connectivity index (χ2n) is 9.60. The van der Waals surface area contributed by atoms with E-state index in [9.17, 15) is 31.2 Å². The molecule has 1 N–H and O–H groups in total. The van der Waals surface area contributed by atoms with Crippen molar-refractivity contribution >= 4 is 27.5 Å². The third kappa shape index (κ3) is 7.48. The number of benzene rings is 1. The second kappa shape index (κ2) is 11.9. The summed E-state index contributed by atoms with van der Waals surface area (Å²) in [5, 5.41) is 2.00. The molecule has 1 aliphatic heterocycles. The Morgan fingerprint density at radius 2 is 1.92 bits per heavy atom. The zero-order valence-corrected chi connectivity index (χ0v) is 23.0. The number of methoxy groups -OCH3 is 1. The first-order valence-corrected chi connectivity index (χ1v) is 13.5. The number of nitrogens with one attached hydrogen (secondary N) is 1. The van der Waals surface area contributed by atoms with Gasteiger partial charge in [0.2, 0.25) is 5.91 Å². The number of amides is 2. The molecule has 1 aromatic carbocycles. The van der Waals surface area contributed by atoms with Gasteiger partial charge in [0.25, 0.3) is 15.9 Å². The summed E-state index contributed by atoms with van der Waals surface area (Å²) in [7, 11) is 0.595. The van der Waals surface area contributed by atoms with Crippen LogP contribution in [0, 0.1) is 5.92 Å². The Hall–Kier alpha value is -3.17. The minimum Gasteiger partial charge on any atom is -0.491 e. The number of halogens is 3. The molecule has 216 valence electrons. The van der Waals surface area contributed by atoms with E-state index in [2.05, 4.69) is 10.3 Å². The summed E-state index contributed by atoms with van der Waals surface area (Å²) in [5.41, 5.74) is 0.0697. The number of aryl methyl sites for hydroxylation is 1. The highest BCUT2D eigenvalue weighted by atomic mass is 32.2. The second-order valence-corrected chi connectivity index (χ2v) is 11.4. The van der Waals surface area contributed by atoms with Crippen LogP contribution in [0.15, 0.2) is 35.7 Å². The lowest BCUT2D eigenvalue weighted by Crippen LogP contribution is -2.48. The molecule has 2 heterocycles. The highest BCUT2D eigenvalue weighted by molar-refractivity contribution is 7.89. The van der Waals surface area contributed by atoms with E-state index in [1.807, 2.05) is 6.92 Å². The summed E-state index contributed by atoms with van der Waals surface area (Å²) in [6.07, 6.45) is -4.15. The highest BCUT2D eigenvalue weighted by Gasteiger charge is 2.36. The Kier molecular flexibility index (Phi) is 9.28. The van der Waals surface area contributed by atoms with E-state index in [0.29, 0.717) is 0 Å². The van der Waals surface area contributed by atoms with Crippen LogP contribution < -0.4 is 10.1 Å². The van der Waals surface area contributed by atoms with Gasteiger partial charge in [0.05, 0.1) is 24.0 Å². The number of sulfonamides is 1. The van der Waals surface area contributed by atoms with Gasteiger partial charge in [-0.05, 0) is 25.0 Å². The van der Waals surface area contributed by atoms with Gasteiger partial charge in [0.1, 0.15) is 18.8 Å². The summed E-state index contributed by atoms with van der Waals surface area (Å²) < 4.78 is 79.2. The number of hydrogen-bond acceptors (Lipinski definition) is 7. The van der Waals surface area contributed by atoms with Crippen molar-refractivity contribution < 1.29 is 40.7 Å². The molecule has 0 saturated carbocycles. The normalized spacial score (nSPS) is 21.9. The average molecular weight is 576 g/mol. The Bertz CT molecular complexity index is 1300. The zero-order valence-electron chi connectivity index (χ0n) is 22.2. The first-order chi connectivity index (χ1) is 18.1. The van der Waals surface area contributed by atoms with Gasteiger partial charge in [-0.15, -0.1) is 0 Å². The van der Waals surface area contributed by atoms with Gasteiger partial charge in [0.15, 0.2) is 5.03 Å². The molecular formula is C24H32F3N5O6S. The van der Waals surface area contributed by atoms with Crippen LogP contribution in [0.25, 0.3) is 0 Å². The Morgan fingerprint density at radius 1 is 1.23 bits per heavy atom. The number of alkyl halides is 3. The van der Waals surface area contributed by atoms with Crippen LogP contribution in [-0.4, -0.2) is 91.2 Å². The van der Waals surface area contributed by atoms with Crippen LogP contribution in [-0.2, 0) is 26.6 Å². The number of carbonyl (C=O) groups is 2. The SMILES string of the molecule is CO[C@H]1CN(C)C(=O)c2ccc(NC(=O)CC(F)(F)F)cc2OC[C@H](C)N(S(=O)(=O)c2cn(C)cn2)C[C@H]1C. The maximum Gasteiger partial charge on any atom is 0.397 e. The molecule has 0 spiro atoms. The molecule has 0 bridgehead atoms. The van der Waals surface area contributed by atoms with Crippen LogP contribution in [0.2, 0.25) is 0 Å². The van der Waals surface area contributed by atoms with Gasteiger partial charge in [0, 0.05) is 52.2 Å². The standard InChI is InChI=1S/C24H32F3N5O6S/c1-15-10-32(39(35,36)22-12-30(3)14-28-22)16(2)13-38-19-8-17(29-21(33)9-24(25,26)27)6-7-18(19)23(34)31(4)11-20(15)37-5/h6-8,12,14-16,20H,9-11,13H2,1-5H3,(H,29,33)/t15-,16+,20+/m1/s1. The van der Waals surface area contributed by atoms with Gasteiger partial charge in [-0.3, -0.25) is 9.59 Å². The molecule has 15 heteroatoms. The number of ether oxygens (including phenoxy) is 2. The van der Waals surface area contributed by atoms with E-state index in [1.54, 1.807) is 21.0 Å². The van der Waals surface area contributed by atoms with E-state index in [1.165, 1.54) is 51.6 Å². The van der Waals surface area contributed by atoms with Gasteiger partial charge in [-0.2, -0.15) is 17.5 Å². The molecule has 1 aliphatic rings. The Balaban J connectivity index is 2.00. The number of imidazole rings is 1. The summed E-state index contributed by atoms with van der Waals surface area (Å²) in [5.74, 6) is -2.09. The fourth-order valence-corrected chi connectivity index (χ4v) is 5.87. The van der Waals surface area contributed by atoms with Crippen molar-refractivity contribution in [2.75, 3.05) is 39.2 Å². The molecule has 0 fully saturated rings. The largest absolute Gasteiger partial charge is 0.491 e. The number of likely N-dealkylation sites (N-methyl/N-ethyl adjacent to an activating group) is 1. The Morgan fingerprint density at radius 3 is 2.51 bits per heavy atom. The van der Waals surface area contributed by atoms with Crippen LogP contribution >= 0.6 is 0 Å². The fourth-order valence-electron chi connectivity index (χ4n) is 4.18. The van der Waals surface area contributed by atoms with Crippen molar-refractivity contribution in [2.45, 2.75) is 43.6 Å². The van der Waals surface area contributed by atoms with E-state index in [4.69, 9.17) is 9.47 Å². The van der Waals surface area contributed by atoms with Crippen molar-refractivity contribution in [3.63, 3.8) is 0 Å². The number of hydrogen-bond donors (Lipinski definition) is 1. The maximum atomic E-state index is 13.6. The third-order valence-corrected chi connectivity index (χ3v) is 8.15. The number of carbonyl (C=O) groups excluding carboxylic acids is 2. The number of aromatic nitrogens is 2. The van der Waals surface area contributed by atoms with E-state index < -0.39 is 46.6 Å². The molecule has 2 aromatic rings. The first-order valence-electron chi connectivity index (χ1n) is 12.0. The molecule has 11 nitrogen and oxygen atoms in total. The molecule has 2 amide bonds. The average Bonchev–Trinajstić information content (AvgIpc) is 3.29. The van der Waals surface area contributed by atoms with Crippen LogP contribution in [0.4, 0.5) is 18.9 Å². The van der Waals surface area contributed by atoms with Crippen molar-refractivity contribution in [1.29, 1.82) is 0 Å². The van der Waals surface area contributed by atoms with Gasteiger partial charge < -0.3 is 24.3 Å². The summed E-state index contributed by atoms with van der Waals surface area (Å²) in [6.45, 7) is 3.39. The smallest absolute Gasteiger partial charge is 0.397 e. The van der Waals surface area contributed by atoms with Crippen molar-refractivity contribution in [3.05, 3.63) is 36.3 Å². The summed E-state index contributed by atoms with van der Waals surface area (Å²) >= 11 is 0. The predicted octanol–water partition coefficient (Wildman–Crippen LogP) is 2.51. The molecule has 0 radical (unpaired) electrons. The molecule has 39 heavy (non-hydrogen) atoms. The topological polar surface area (TPSA) is 123 Å². The summed E-state index contributed by atoms with van der Waals surface area (Å²) in [6, 6.07) is 3.12. The fraction of sp³-hybridized carbons (Fsp3) is 0.542. The third-order valence-electron chi connectivity index (χ3n) is 6.29. The van der Waals surface area contributed by atoms with Crippen LogP contribution in [0.5, 0.6) is 5.75 Å². The van der Waals surface area contributed by atoms with Crippen LogP contribution in [0.1, 0.15) is 30.6 Å². The molecule has 1 aromatic heterocycles. The molecule has 3 atom stereocenters. The minimum atomic E-state index is -4.69. The Labute approximate surface area is 224 Å². The van der Waals surface area contributed by atoms with E-state index in [0.717, 1.165) is 0 Å². The summed E-state index contributed by atoms with van der Waals surface area (Å²) in [4.78, 5) is 30.5. The lowest BCUT2D eigenvalue weighted by Gasteiger charge is -2.35.